The third kappa shape index (κ3) is 5.66. The van der Waals surface area contributed by atoms with Crippen LogP contribution in [0, 0.1) is 0 Å². The van der Waals surface area contributed by atoms with Crippen molar-refractivity contribution in [3.05, 3.63) is 47.5 Å². The van der Waals surface area contributed by atoms with E-state index in [0.29, 0.717) is 23.7 Å². The van der Waals surface area contributed by atoms with Crippen molar-refractivity contribution in [2.75, 3.05) is 28.4 Å². The molecule has 9 heteroatoms. The van der Waals surface area contributed by atoms with Gasteiger partial charge >= 0.3 is 7.82 Å². The molecule has 2 N–H and O–H groups in total. The van der Waals surface area contributed by atoms with Crippen LogP contribution in [0.3, 0.4) is 0 Å². The van der Waals surface area contributed by atoms with Crippen molar-refractivity contribution in [1.29, 1.82) is 0 Å². The van der Waals surface area contributed by atoms with Crippen molar-refractivity contribution in [1.82, 2.24) is 0 Å². The topological polar surface area (TPSA) is 104 Å². The van der Waals surface area contributed by atoms with Gasteiger partial charge in [-0.3, -0.25) is 9.79 Å². The molecule has 0 saturated heterocycles. The standard InChI is InChI=1S/C19H23O8P/c1-23-15-9-8-13(10-16(15)27-28(20,21)22)6-5-7-14-11-17(24-2)19(26-4)18(12-14)25-3/h5,7-12H,6H2,1-4H3,(H2,20,21,22)/b7-5-. The minimum Gasteiger partial charge on any atom is -0.493 e. The molecule has 0 saturated carbocycles. The van der Waals surface area contributed by atoms with Crippen LogP contribution in [0.1, 0.15) is 11.1 Å². The Morgan fingerprint density at radius 3 is 1.96 bits per heavy atom. The highest BCUT2D eigenvalue weighted by molar-refractivity contribution is 7.46. The molecule has 152 valence electrons. The van der Waals surface area contributed by atoms with Gasteiger partial charge in [0.2, 0.25) is 5.75 Å². The molecule has 0 aliphatic rings. The Kier molecular flexibility index (Phi) is 7.34. The highest BCUT2D eigenvalue weighted by Gasteiger charge is 2.19. The summed E-state index contributed by atoms with van der Waals surface area (Å²) in [5.41, 5.74) is 1.63. The van der Waals surface area contributed by atoms with Crippen molar-refractivity contribution in [2.24, 2.45) is 0 Å². The van der Waals surface area contributed by atoms with Crippen LogP contribution in [0.2, 0.25) is 0 Å². The maximum atomic E-state index is 11.1. The summed E-state index contributed by atoms with van der Waals surface area (Å²) < 4.78 is 36.8. The summed E-state index contributed by atoms with van der Waals surface area (Å²) in [5.74, 6) is 1.82. The molecule has 0 heterocycles. The lowest BCUT2D eigenvalue weighted by molar-refractivity contribution is 0.276. The second-order valence-corrected chi connectivity index (χ2v) is 6.80. The Morgan fingerprint density at radius 2 is 1.46 bits per heavy atom. The van der Waals surface area contributed by atoms with Crippen molar-refractivity contribution in [3.8, 4) is 28.7 Å². The van der Waals surface area contributed by atoms with Gasteiger partial charge in [-0.05, 0) is 41.8 Å². The van der Waals surface area contributed by atoms with E-state index in [1.165, 1.54) is 20.3 Å². The second-order valence-electron chi connectivity index (χ2n) is 5.63. The SMILES string of the molecule is COc1ccc(C/C=C\c2cc(OC)c(OC)c(OC)c2)cc1OP(=O)(O)O. The fourth-order valence-electron chi connectivity index (χ4n) is 2.58. The van der Waals surface area contributed by atoms with Crippen molar-refractivity contribution < 1.29 is 37.8 Å². The van der Waals surface area contributed by atoms with Crippen LogP contribution in [0.5, 0.6) is 28.7 Å². The number of hydrogen-bond acceptors (Lipinski definition) is 6. The summed E-state index contributed by atoms with van der Waals surface area (Å²) in [6, 6.07) is 8.53. The number of benzene rings is 2. The van der Waals surface area contributed by atoms with E-state index in [1.807, 2.05) is 24.3 Å². The minimum absolute atomic E-state index is 0.0190. The Hall–Kier alpha value is -2.67. The first-order valence-corrected chi connectivity index (χ1v) is 9.73. The van der Waals surface area contributed by atoms with Gasteiger partial charge < -0.3 is 23.5 Å². The number of phosphoric acid groups is 1. The number of allylic oxidation sites excluding steroid dienone is 1. The third-order valence-corrected chi connectivity index (χ3v) is 4.23. The zero-order valence-electron chi connectivity index (χ0n) is 16.0. The van der Waals surface area contributed by atoms with E-state index < -0.39 is 7.82 Å². The number of rotatable bonds is 9. The van der Waals surface area contributed by atoms with Gasteiger partial charge in [-0.25, -0.2) is 4.57 Å². The van der Waals surface area contributed by atoms with Gasteiger partial charge in [0.05, 0.1) is 28.4 Å². The highest BCUT2D eigenvalue weighted by atomic mass is 31.2. The molecular weight excluding hydrogens is 387 g/mol. The predicted molar refractivity (Wildman–Crippen MR) is 105 cm³/mol. The zero-order chi connectivity index (χ0) is 20.7. The van der Waals surface area contributed by atoms with Crippen molar-refractivity contribution in [2.45, 2.75) is 6.42 Å². The summed E-state index contributed by atoms with van der Waals surface area (Å²) in [6.07, 6.45) is 4.26. The molecule has 2 rings (SSSR count). The van der Waals surface area contributed by atoms with Crippen molar-refractivity contribution >= 4 is 13.9 Å². The molecule has 0 bridgehead atoms. The van der Waals surface area contributed by atoms with Gasteiger partial charge in [-0.2, -0.15) is 0 Å². The fourth-order valence-corrected chi connectivity index (χ4v) is 2.98. The van der Waals surface area contributed by atoms with Crippen LogP contribution in [-0.4, -0.2) is 38.2 Å². The Bertz CT molecular complexity index is 862. The zero-order valence-corrected chi connectivity index (χ0v) is 16.9. The maximum absolute atomic E-state index is 11.1. The maximum Gasteiger partial charge on any atom is 0.524 e. The third-order valence-electron chi connectivity index (χ3n) is 3.80. The van der Waals surface area contributed by atoms with Crippen LogP contribution in [-0.2, 0) is 11.0 Å². The number of ether oxygens (including phenoxy) is 4. The average Bonchev–Trinajstić information content (AvgIpc) is 2.66. The average molecular weight is 410 g/mol. The lowest BCUT2D eigenvalue weighted by atomic mass is 10.1. The lowest BCUT2D eigenvalue weighted by Gasteiger charge is -2.13. The monoisotopic (exact) mass is 410 g/mol. The molecule has 0 radical (unpaired) electrons. The molecule has 0 fully saturated rings. The van der Waals surface area contributed by atoms with Gasteiger partial charge in [-0.1, -0.05) is 18.2 Å². The Morgan fingerprint density at radius 1 is 0.857 bits per heavy atom. The smallest absolute Gasteiger partial charge is 0.493 e. The quantitative estimate of drug-likeness (QED) is 0.606. The molecule has 0 aliphatic carbocycles. The van der Waals surface area contributed by atoms with Gasteiger partial charge in [0.25, 0.3) is 0 Å². The van der Waals surface area contributed by atoms with E-state index in [4.69, 9.17) is 28.7 Å². The van der Waals surface area contributed by atoms with E-state index in [2.05, 4.69) is 4.52 Å². The number of methoxy groups -OCH3 is 4. The molecule has 0 amide bonds. The molecule has 0 spiro atoms. The molecular formula is C19H23O8P. The van der Waals surface area contributed by atoms with Gasteiger partial charge in [0, 0.05) is 0 Å². The van der Waals surface area contributed by atoms with E-state index in [1.54, 1.807) is 26.4 Å². The van der Waals surface area contributed by atoms with Crippen molar-refractivity contribution in [3.63, 3.8) is 0 Å². The van der Waals surface area contributed by atoms with E-state index in [0.717, 1.165) is 11.1 Å². The first-order chi connectivity index (χ1) is 13.3. The molecule has 0 unspecified atom stereocenters. The van der Waals surface area contributed by atoms with Crippen LogP contribution in [0.4, 0.5) is 0 Å². The van der Waals surface area contributed by atoms with E-state index in [9.17, 15) is 4.57 Å². The van der Waals surface area contributed by atoms with Crippen LogP contribution < -0.4 is 23.5 Å². The summed E-state index contributed by atoms with van der Waals surface area (Å²) in [6.45, 7) is 0. The van der Waals surface area contributed by atoms with Crippen LogP contribution >= 0.6 is 7.82 Å². The first kappa shape index (κ1) is 21.6. The summed E-state index contributed by atoms with van der Waals surface area (Å²) in [5, 5.41) is 0. The van der Waals surface area contributed by atoms with E-state index >= 15 is 0 Å². The Labute approximate surface area is 163 Å². The summed E-state index contributed by atoms with van der Waals surface area (Å²) >= 11 is 0. The van der Waals surface area contributed by atoms with Gasteiger partial charge in [0.1, 0.15) is 0 Å². The molecule has 2 aromatic rings. The molecule has 0 aromatic heterocycles. The molecule has 0 atom stereocenters. The highest BCUT2D eigenvalue weighted by Crippen LogP contribution is 2.42. The molecule has 2 aromatic carbocycles. The Balaban J connectivity index is 2.23. The normalized spacial score (nSPS) is 11.4. The van der Waals surface area contributed by atoms with Gasteiger partial charge in [0.15, 0.2) is 23.0 Å². The number of phosphoric ester groups is 1. The summed E-state index contributed by atoms with van der Waals surface area (Å²) in [7, 11) is 1.34. The largest absolute Gasteiger partial charge is 0.524 e. The fraction of sp³-hybridized carbons (Fsp3) is 0.263. The lowest BCUT2D eigenvalue weighted by Crippen LogP contribution is -1.96. The van der Waals surface area contributed by atoms with Crippen LogP contribution in [0.25, 0.3) is 6.08 Å². The first-order valence-electron chi connectivity index (χ1n) is 8.20. The summed E-state index contributed by atoms with van der Waals surface area (Å²) in [4.78, 5) is 18.1. The second kappa shape index (κ2) is 9.50. The minimum atomic E-state index is -4.69. The van der Waals surface area contributed by atoms with Gasteiger partial charge in [-0.15, -0.1) is 0 Å². The molecule has 8 nitrogen and oxygen atoms in total. The van der Waals surface area contributed by atoms with Crippen LogP contribution in [0.15, 0.2) is 36.4 Å². The molecule has 28 heavy (non-hydrogen) atoms. The number of hydrogen-bond donors (Lipinski definition) is 2. The van der Waals surface area contributed by atoms with E-state index in [-0.39, 0.29) is 11.5 Å². The predicted octanol–water partition coefficient (Wildman–Crippen LogP) is 3.45. The molecule has 0 aliphatic heterocycles.